The Kier molecular flexibility index (Phi) is 4.87. The Balaban J connectivity index is 1.42. The summed E-state index contributed by atoms with van der Waals surface area (Å²) >= 11 is 0. The lowest BCUT2D eigenvalue weighted by Crippen LogP contribution is -3.15. The van der Waals surface area contributed by atoms with Gasteiger partial charge in [0.25, 0.3) is 0 Å². The van der Waals surface area contributed by atoms with Gasteiger partial charge in [-0.1, -0.05) is 12.1 Å². The van der Waals surface area contributed by atoms with Gasteiger partial charge in [-0.2, -0.15) is 10.1 Å². The predicted molar refractivity (Wildman–Crippen MR) is 105 cm³/mol. The molecular weight excluding hydrogens is 356 g/mol. The number of rotatable bonds is 5. The number of hydrogen-bond acceptors (Lipinski definition) is 5. The first-order valence-corrected chi connectivity index (χ1v) is 9.49. The molecule has 0 aliphatic carbocycles. The van der Waals surface area contributed by atoms with Crippen molar-refractivity contribution in [1.29, 1.82) is 0 Å². The number of H-pyrrole nitrogens is 1. The van der Waals surface area contributed by atoms with Crippen LogP contribution in [0.3, 0.4) is 0 Å². The number of nitrogens with one attached hydrogen (secondary N) is 2. The minimum absolute atomic E-state index is 0.143. The maximum atomic E-state index is 12.9. The predicted octanol–water partition coefficient (Wildman–Crippen LogP) is 0.506. The number of carbonyl (C=O) groups excluding carboxylic acids is 1. The fourth-order valence-corrected chi connectivity index (χ4v) is 3.97. The number of para-hydroxylation sites is 2. The minimum atomic E-state index is 0.143. The summed E-state index contributed by atoms with van der Waals surface area (Å²) in [6.07, 6.45) is 1.46. The van der Waals surface area contributed by atoms with Crippen molar-refractivity contribution < 1.29 is 14.8 Å². The fraction of sp³-hybridized carbons (Fsp3) is 0.350. The number of hydrogen-bond donors (Lipinski definition) is 3. The molecule has 1 saturated heterocycles. The van der Waals surface area contributed by atoms with E-state index in [-0.39, 0.29) is 5.78 Å². The van der Waals surface area contributed by atoms with Crippen LogP contribution in [0, 0.1) is 13.8 Å². The number of aromatic amines is 1. The first-order valence-electron chi connectivity index (χ1n) is 9.49. The molecule has 0 atom stereocenters. The summed E-state index contributed by atoms with van der Waals surface area (Å²) in [6, 6.07) is 9.33. The average Bonchev–Trinajstić information content (AvgIpc) is 3.30. The highest BCUT2D eigenvalue weighted by atomic mass is 16.3. The smallest absolute Gasteiger partial charge is 0.229 e. The molecule has 8 heteroatoms. The summed E-state index contributed by atoms with van der Waals surface area (Å²) in [7, 11) is 0. The SMILES string of the molecule is Cc1cc(C(=O)C[NH+]2CCN(c3ccccc3O)CC2)c(C)n1-c1ncn[nH]1. The van der Waals surface area contributed by atoms with Crippen molar-refractivity contribution in [3.05, 3.63) is 53.6 Å². The van der Waals surface area contributed by atoms with Crippen LogP contribution >= 0.6 is 0 Å². The number of phenols is 1. The summed E-state index contributed by atoms with van der Waals surface area (Å²) in [4.78, 5) is 20.6. The zero-order chi connectivity index (χ0) is 19.7. The zero-order valence-electron chi connectivity index (χ0n) is 16.1. The number of carbonyl (C=O) groups is 1. The van der Waals surface area contributed by atoms with Gasteiger partial charge in [0, 0.05) is 17.0 Å². The molecule has 28 heavy (non-hydrogen) atoms. The van der Waals surface area contributed by atoms with Gasteiger partial charge in [-0.05, 0) is 32.0 Å². The third-order valence-corrected chi connectivity index (χ3v) is 5.45. The molecular formula is C20H25N6O2+. The molecule has 3 aromatic rings. The lowest BCUT2D eigenvalue weighted by atomic mass is 10.1. The van der Waals surface area contributed by atoms with Gasteiger partial charge in [-0.25, -0.2) is 5.10 Å². The van der Waals surface area contributed by atoms with Crippen molar-refractivity contribution in [3.63, 3.8) is 0 Å². The van der Waals surface area contributed by atoms with Crippen molar-refractivity contribution in [3.8, 4) is 11.7 Å². The van der Waals surface area contributed by atoms with Crippen molar-refractivity contribution in [2.45, 2.75) is 13.8 Å². The average molecular weight is 381 g/mol. The molecule has 0 radical (unpaired) electrons. The van der Waals surface area contributed by atoms with E-state index in [2.05, 4.69) is 20.1 Å². The number of aryl methyl sites for hydroxylation is 1. The molecule has 4 rings (SSSR count). The number of Topliss-reactive ketones (excluding diaryl/α,β-unsaturated/α-hetero) is 1. The highest BCUT2D eigenvalue weighted by Gasteiger charge is 2.26. The summed E-state index contributed by atoms with van der Waals surface area (Å²) in [5.74, 6) is 1.07. The topological polar surface area (TPSA) is 91.5 Å². The lowest BCUT2D eigenvalue weighted by Gasteiger charge is -2.33. The molecule has 0 saturated carbocycles. The Bertz CT molecular complexity index is 971. The molecule has 3 heterocycles. The van der Waals surface area contributed by atoms with E-state index in [0.29, 0.717) is 18.2 Å². The van der Waals surface area contributed by atoms with Crippen LogP contribution in [0.4, 0.5) is 5.69 Å². The van der Waals surface area contributed by atoms with Crippen LogP contribution in [-0.2, 0) is 0 Å². The quantitative estimate of drug-likeness (QED) is 0.560. The van der Waals surface area contributed by atoms with E-state index in [0.717, 1.165) is 48.8 Å². The van der Waals surface area contributed by atoms with Gasteiger partial charge >= 0.3 is 0 Å². The summed E-state index contributed by atoms with van der Waals surface area (Å²) < 4.78 is 1.92. The van der Waals surface area contributed by atoms with Crippen LogP contribution in [0.2, 0.25) is 0 Å². The highest BCUT2D eigenvalue weighted by molar-refractivity contribution is 5.98. The van der Waals surface area contributed by atoms with Gasteiger partial charge in [0.05, 0.1) is 31.9 Å². The number of quaternary nitrogens is 1. The van der Waals surface area contributed by atoms with Crippen LogP contribution in [-0.4, -0.2) is 63.4 Å². The van der Waals surface area contributed by atoms with Crippen molar-refractivity contribution in [1.82, 2.24) is 19.7 Å². The molecule has 1 aromatic carbocycles. The van der Waals surface area contributed by atoms with Crippen LogP contribution in [0.15, 0.2) is 36.7 Å². The summed E-state index contributed by atoms with van der Waals surface area (Å²) in [5.41, 5.74) is 3.44. The standard InChI is InChI=1S/C20H24N6O2/c1-14-11-16(15(2)26(14)20-21-13-22-23-20)19(28)12-24-7-9-25(10-8-24)17-5-3-4-6-18(17)27/h3-6,11,13,27H,7-10,12H2,1-2H3,(H,21,22,23)/p+1. The zero-order valence-corrected chi connectivity index (χ0v) is 16.1. The van der Waals surface area contributed by atoms with Crippen molar-refractivity contribution >= 4 is 11.5 Å². The first kappa shape index (κ1) is 18.2. The second-order valence-corrected chi connectivity index (χ2v) is 7.26. The maximum absolute atomic E-state index is 12.9. The number of ketones is 1. The molecule has 0 bridgehead atoms. The van der Waals surface area contributed by atoms with Gasteiger partial charge in [0.1, 0.15) is 18.6 Å². The van der Waals surface area contributed by atoms with E-state index < -0.39 is 0 Å². The lowest BCUT2D eigenvalue weighted by molar-refractivity contribution is -0.892. The van der Waals surface area contributed by atoms with E-state index in [9.17, 15) is 9.90 Å². The summed E-state index contributed by atoms with van der Waals surface area (Å²) in [5, 5.41) is 16.8. The molecule has 0 unspecified atom stereocenters. The molecule has 0 amide bonds. The minimum Gasteiger partial charge on any atom is -0.506 e. The molecule has 0 spiro atoms. The number of aromatic hydroxyl groups is 1. The molecule has 3 N–H and O–H groups in total. The van der Waals surface area contributed by atoms with Crippen molar-refractivity contribution in [2.24, 2.45) is 0 Å². The molecule has 1 aliphatic rings. The molecule has 2 aromatic heterocycles. The number of benzene rings is 1. The maximum Gasteiger partial charge on any atom is 0.229 e. The van der Waals surface area contributed by atoms with E-state index in [1.54, 1.807) is 6.07 Å². The Morgan fingerprint density at radius 1 is 1.25 bits per heavy atom. The number of anilines is 1. The third kappa shape index (κ3) is 3.38. The van der Waals surface area contributed by atoms with Crippen LogP contribution in [0.5, 0.6) is 5.75 Å². The normalized spacial score (nSPS) is 15.1. The largest absolute Gasteiger partial charge is 0.506 e. The van der Waals surface area contributed by atoms with E-state index in [4.69, 9.17) is 0 Å². The van der Waals surface area contributed by atoms with Gasteiger partial charge in [-0.15, -0.1) is 0 Å². The number of piperazine rings is 1. The Labute approximate surface area is 163 Å². The highest BCUT2D eigenvalue weighted by Crippen LogP contribution is 2.26. The Morgan fingerprint density at radius 3 is 2.68 bits per heavy atom. The van der Waals surface area contributed by atoms with Crippen LogP contribution < -0.4 is 9.80 Å². The van der Waals surface area contributed by atoms with Crippen molar-refractivity contribution in [2.75, 3.05) is 37.6 Å². The van der Waals surface area contributed by atoms with Gasteiger partial charge < -0.3 is 14.9 Å². The van der Waals surface area contributed by atoms with Gasteiger partial charge in [0.15, 0.2) is 0 Å². The van der Waals surface area contributed by atoms with Crippen LogP contribution in [0.1, 0.15) is 21.7 Å². The number of aromatic nitrogens is 4. The summed E-state index contributed by atoms with van der Waals surface area (Å²) in [6.45, 7) is 7.73. The van der Waals surface area contributed by atoms with E-state index in [1.165, 1.54) is 11.2 Å². The Hall–Kier alpha value is -3.13. The first-order chi connectivity index (χ1) is 13.5. The second kappa shape index (κ2) is 7.47. The fourth-order valence-electron chi connectivity index (χ4n) is 3.97. The Morgan fingerprint density at radius 2 is 2.00 bits per heavy atom. The third-order valence-electron chi connectivity index (χ3n) is 5.45. The van der Waals surface area contributed by atoms with E-state index >= 15 is 0 Å². The molecule has 1 aliphatic heterocycles. The van der Waals surface area contributed by atoms with Crippen LogP contribution in [0.25, 0.3) is 5.95 Å². The molecule has 146 valence electrons. The molecule has 1 fully saturated rings. The second-order valence-electron chi connectivity index (χ2n) is 7.26. The van der Waals surface area contributed by atoms with E-state index in [1.807, 2.05) is 42.7 Å². The number of nitrogens with zero attached hydrogens (tertiary/aromatic N) is 4. The van der Waals surface area contributed by atoms with Gasteiger partial charge in [0.2, 0.25) is 11.7 Å². The monoisotopic (exact) mass is 381 g/mol. The molecule has 8 nitrogen and oxygen atoms in total. The number of phenolic OH excluding ortho intramolecular Hbond substituents is 1. The van der Waals surface area contributed by atoms with Gasteiger partial charge in [-0.3, -0.25) is 9.36 Å².